The summed E-state index contributed by atoms with van der Waals surface area (Å²) in [6.07, 6.45) is 0.524. The second-order valence-corrected chi connectivity index (χ2v) is 9.31. The second kappa shape index (κ2) is 13.5. The van der Waals surface area contributed by atoms with E-state index >= 15 is 0 Å². The van der Waals surface area contributed by atoms with Crippen molar-refractivity contribution < 1.29 is 23.7 Å². The van der Waals surface area contributed by atoms with E-state index in [1.54, 1.807) is 18.4 Å². The van der Waals surface area contributed by atoms with Gasteiger partial charge in [-0.1, -0.05) is 24.3 Å². The highest BCUT2D eigenvalue weighted by atomic mass is 32.1. The maximum absolute atomic E-state index is 11.8. The Bertz CT molecular complexity index is 801. The lowest BCUT2D eigenvalue weighted by atomic mass is 10.1. The topological polar surface area (TPSA) is 70.1 Å². The van der Waals surface area contributed by atoms with Crippen molar-refractivity contribution >= 4 is 17.4 Å². The largest absolute Gasteiger partial charge is 0.444 e. The molecule has 0 atom stereocenters. The number of benzene rings is 1. The molecule has 8 heteroatoms. The van der Waals surface area contributed by atoms with Gasteiger partial charge in [-0.3, -0.25) is 0 Å². The highest BCUT2D eigenvalue weighted by Gasteiger charge is 2.19. The zero-order valence-electron chi connectivity index (χ0n) is 19.9. The van der Waals surface area contributed by atoms with Crippen LogP contribution in [-0.4, -0.2) is 74.8 Å². The summed E-state index contributed by atoms with van der Waals surface area (Å²) in [6, 6.07) is 8.58. The van der Waals surface area contributed by atoms with Crippen molar-refractivity contribution in [1.29, 1.82) is 0 Å². The van der Waals surface area contributed by atoms with Gasteiger partial charge < -0.3 is 23.8 Å². The molecule has 178 valence electrons. The van der Waals surface area contributed by atoms with Crippen molar-refractivity contribution in [2.45, 2.75) is 39.7 Å². The first-order chi connectivity index (χ1) is 15.3. The van der Waals surface area contributed by atoms with Crippen molar-refractivity contribution in [3.05, 3.63) is 41.0 Å². The van der Waals surface area contributed by atoms with Gasteiger partial charge in [0.15, 0.2) is 0 Å². The number of carbonyl (C=O) groups is 1. The molecule has 7 nitrogen and oxygen atoms in total. The molecule has 1 amide bonds. The molecule has 0 bridgehead atoms. The van der Waals surface area contributed by atoms with Crippen molar-refractivity contribution in [2.75, 3.05) is 53.2 Å². The van der Waals surface area contributed by atoms with E-state index in [1.165, 1.54) is 20.9 Å². The molecule has 1 aromatic heterocycles. The first kappa shape index (κ1) is 26.3. The maximum atomic E-state index is 11.8. The Kier molecular flexibility index (Phi) is 11.1. The Balaban J connectivity index is 1.44. The first-order valence-electron chi connectivity index (χ1n) is 10.9. The van der Waals surface area contributed by atoms with Gasteiger partial charge in [0.25, 0.3) is 0 Å². The summed E-state index contributed by atoms with van der Waals surface area (Å²) in [5.74, 6) is 0. The van der Waals surface area contributed by atoms with Gasteiger partial charge in [-0.2, -0.15) is 0 Å². The third-order valence-electron chi connectivity index (χ3n) is 4.52. The minimum atomic E-state index is -0.492. The zero-order chi connectivity index (χ0) is 23.4. The molecule has 2 rings (SSSR count). The number of thiazole rings is 1. The van der Waals surface area contributed by atoms with Crippen LogP contribution < -0.4 is 0 Å². The van der Waals surface area contributed by atoms with E-state index in [-0.39, 0.29) is 6.09 Å². The van der Waals surface area contributed by atoms with Gasteiger partial charge in [0.05, 0.1) is 55.7 Å². The van der Waals surface area contributed by atoms with Crippen LogP contribution in [-0.2, 0) is 25.4 Å². The molecule has 0 saturated carbocycles. The molecular weight excluding hydrogens is 428 g/mol. The fourth-order valence-electron chi connectivity index (χ4n) is 2.77. The lowest BCUT2D eigenvalue weighted by Crippen LogP contribution is -2.36. The third-order valence-corrected chi connectivity index (χ3v) is 5.49. The fourth-order valence-corrected chi connectivity index (χ4v) is 3.58. The molecule has 0 aliphatic carbocycles. The van der Waals surface area contributed by atoms with Crippen LogP contribution in [0.2, 0.25) is 0 Å². The minimum absolute atomic E-state index is 0.347. The van der Waals surface area contributed by atoms with Gasteiger partial charge in [0.1, 0.15) is 5.60 Å². The maximum Gasteiger partial charge on any atom is 0.410 e. The normalized spacial score (nSPS) is 11.5. The Morgan fingerprint density at radius 1 is 0.969 bits per heavy atom. The lowest BCUT2D eigenvalue weighted by molar-refractivity contribution is 0.00508. The van der Waals surface area contributed by atoms with E-state index in [2.05, 4.69) is 29.2 Å². The summed E-state index contributed by atoms with van der Waals surface area (Å²) in [5.41, 5.74) is 4.92. The summed E-state index contributed by atoms with van der Waals surface area (Å²) < 4.78 is 21.9. The van der Waals surface area contributed by atoms with E-state index < -0.39 is 5.60 Å². The summed E-state index contributed by atoms with van der Waals surface area (Å²) in [5, 5.41) is 0. The number of hydrogen-bond acceptors (Lipinski definition) is 7. The fraction of sp³-hybridized carbons (Fsp3) is 0.583. The van der Waals surface area contributed by atoms with Gasteiger partial charge in [-0.05, 0) is 45.2 Å². The highest BCUT2D eigenvalue weighted by Crippen LogP contribution is 2.27. The average molecular weight is 465 g/mol. The van der Waals surface area contributed by atoms with Crippen LogP contribution >= 0.6 is 11.3 Å². The van der Waals surface area contributed by atoms with Gasteiger partial charge in [0.2, 0.25) is 0 Å². The number of rotatable bonds is 13. The summed E-state index contributed by atoms with van der Waals surface area (Å²) in [7, 11) is 1.70. The number of amides is 1. The van der Waals surface area contributed by atoms with Gasteiger partial charge in [-0.25, -0.2) is 9.78 Å². The van der Waals surface area contributed by atoms with E-state index in [9.17, 15) is 4.79 Å². The predicted molar refractivity (Wildman–Crippen MR) is 127 cm³/mol. The second-order valence-electron chi connectivity index (χ2n) is 8.45. The molecule has 2 aromatic rings. The van der Waals surface area contributed by atoms with Crippen LogP contribution in [0.25, 0.3) is 10.4 Å². The van der Waals surface area contributed by atoms with Gasteiger partial charge >= 0.3 is 6.09 Å². The van der Waals surface area contributed by atoms with Crippen LogP contribution in [0.1, 0.15) is 32.0 Å². The van der Waals surface area contributed by atoms with Crippen molar-refractivity contribution in [3.8, 4) is 10.4 Å². The van der Waals surface area contributed by atoms with Crippen LogP contribution in [0.3, 0.4) is 0 Å². The Hall–Kier alpha value is -2.00. The number of ether oxygens (including phenoxy) is 4. The standard InChI is InChI=1S/C24H36N2O5S/c1-19-22(32-18-25-19)21-8-6-20(7-9-21)10-12-28-14-16-30-17-15-29-13-11-26(5)23(27)31-24(2,3)4/h6-9,18H,10-17H2,1-5H3. The van der Waals surface area contributed by atoms with Gasteiger partial charge in [0, 0.05) is 13.6 Å². The molecule has 0 unspecified atom stereocenters. The molecule has 0 N–H and O–H groups in total. The average Bonchev–Trinajstić information content (AvgIpc) is 3.17. The number of aromatic nitrogens is 1. The number of nitrogens with zero attached hydrogens (tertiary/aromatic N) is 2. The molecule has 1 heterocycles. The molecule has 0 spiro atoms. The number of carbonyl (C=O) groups excluding carboxylic acids is 1. The lowest BCUT2D eigenvalue weighted by Gasteiger charge is -2.24. The molecular formula is C24H36N2O5S. The highest BCUT2D eigenvalue weighted by molar-refractivity contribution is 7.13. The Morgan fingerprint density at radius 2 is 1.56 bits per heavy atom. The molecule has 0 radical (unpaired) electrons. The smallest absolute Gasteiger partial charge is 0.410 e. The van der Waals surface area contributed by atoms with Crippen molar-refractivity contribution in [1.82, 2.24) is 9.88 Å². The van der Waals surface area contributed by atoms with E-state index in [0.717, 1.165) is 12.1 Å². The number of hydrogen-bond donors (Lipinski definition) is 0. The van der Waals surface area contributed by atoms with Crippen LogP contribution in [0.5, 0.6) is 0 Å². The van der Waals surface area contributed by atoms with Gasteiger partial charge in [-0.15, -0.1) is 11.3 Å². The Morgan fingerprint density at radius 3 is 2.12 bits per heavy atom. The molecule has 0 aliphatic rings. The van der Waals surface area contributed by atoms with Crippen LogP contribution in [0.4, 0.5) is 4.79 Å². The number of aryl methyl sites for hydroxylation is 1. The van der Waals surface area contributed by atoms with Crippen molar-refractivity contribution in [2.24, 2.45) is 0 Å². The Labute approximate surface area is 195 Å². The molecule has 1 aromatic carbocycles. The SMILES string of the molecule is Cc1ncsc1-c1ccc(CCOCCOCCOCCN(C)C(=O)OC(C)(C)C)cc1. The van der Waals surface area contributed by atoms with E-state index in [1.807, 2.05) is 33.2 Å². The third kappa shape index (κ3) is 10.1. The van der Waals surface area contributed by atoms with E-state index in [4.69, 9.17) is 18.9 Å². The summed E-state index contributed by atoms with van der Waals surface area (Å²) in [4.78, 5) is 18.9. The summed E-state index contributed by atoms with van der Waals surface area (Å²) >= 11 is 1.67. The molecule has 0 fully saturated rings. The van der Waals surface area contributed by atoms with Crippen molar-refractivity contribution in [3.63, 3.8) is 0 Å². The van der Waals surface area contributed by atoms with E-state index in [0.29, 0.717) is 46.2 Å². The van der Waals surface area contributed by atoms with Crippen LogP contribution in [0.15, 0.2) is 29.8 Å². The predicted octanol–water partition coefficient (Wildman–Crippen LogP) is 4.58. The molecule has 32 heavy (non-hydrogen) atoms. The quantitative estimate of drug-likeness (QED) is 0.404. The first-order valence-corrected chi connectivity index (χ1v) is 11.8. The number of likely N-dealkylation sites (N-methyl/N-ethyl adjacent to an activating group) is 1. The molecule has 0 saturated heterocycles. The summed E-state index contributed by atoms with van der Waals surface area (Å²) in [6.45, 7) is 11.2. The van der Waals surface area contributed by atoms with Crippen LogP contribution in [0, 0.1) is 6.92 Å². The zero-order valence-corrected chi connectivity index (χ0v) is 20.7. The minimum Gasteiger partial charge on any atom is -0.444 e. The molecule has 0 aliphatic heterocycles. The monoisotopic (exact) mass is 464 g/mol.